The summed E-state index contributed by atoms with van der Waals surface area (Å²) in [5.41, 5.74) is -0.300. The van der Waals surface area contributed by atoms with E-state index in [-0.39, 0.29) is 17.5 Å². The molecule has 118 valence electrons. The summed E-state index contributed by atoms with van der Waals surface area (Å²) in [6, 6.07) is 1.75. The summed E-state index contributed by atoms with van der Waals surface area (Å²) in [6.07, 6.45) is 1.81. The third kappa shape index (κ3) is 2.63. The van der Waals surface area contributed by atoms with E-state index in [0.717, 1.165) is 12.8 Å². The standard InChI is InChI=1S/C14H17BrN4O3/c1-7(2)6-18-10-5-9(15)17-19(10)14(22)11(13(18)21)12(20)16-8-3-4-8/h5,7-8,22H,3-4,6H2,1-2H3,(H,16,20). The zero-order valence-corrected chi connectivity index (χ0v) is 13.9. The molecule has 0 aliphatic heterocycles. The number of halogens is 1. The Labute approximate surface area is 135 Å². The normalized spacial score (nSPS) is 14.7. The molecule has 1 fully saturated rings. The van der Waals surface area contributed by atoms with Gasteiger partial charge in [0.2, 0.25) is 5.88 Å². The van der Waals surface area contributed by atoms with Crippen LogP contribution in [-0.2, 0) is 6.54 Å². The molecule has 22 heavy (non-hydrogen) atoms. The number of nitrogens with one attached hydrogen (secondary N) is 1. The van der Waals surface area contributed by atoms with Gasteiger partial charge in [0, 0.05) is 18.7 Å². The van der Waals surface area contributed by atoms with E-state index in [0.29, 0.717) is 16.8 Å². The van der Waals surface area contributed by atoms with E-state index >= 15 is 0 Å². The second-order valence-electron chi connectivity index (χ2n) is 5.99. The highest BCUT2D eigenvalue weighted by Gasteiger charge is 2.29. The van der Waals surface area contributed by atoms with Gasteiger partial charge in [0.25, 0.3) is 11.5 Å². The Morgan fingerprint density at radius 1 is 1.55 bits per heavy atom. The van der Waals surface area contributed by atoms with Crippen LogP contribution in [0.4, 0.5) is 0 Å². The molecule has 0 saturated heterocycles. The van der Waals surface area contributed by atoms with Crippen LogP contribution in [0.1, 0.15) is 37.0 Å². The van der Waals surface area contributed by atoms with E-state index in [1.807, 2.05) is 13.8 Å². The summed E-state index contributed by atoms with van der Waals surface area (Å²) >= 11 is 3.24. The van der Waals surface area contributed by atoms with Crippen molar-refractivity contribution in [3.63, 3.8) is 0 Å². The van der Waals surface area contributed by atoms with Gasteiger partial charge in [-0.1, -0.05) is 13.8 Å². The third-order valence-electron chi connectivity index (χ3n) is 3.51. The van der Waals surface area contributed by atoms with Crippen LogP contribution in [0.3, 0.4) is 0 Å². The van der Waals surface area contributed by atoms with Crippen LogP contribution in [0.25, 0.3) is 5.65 Å². The van der Waals surface area contributed by atoms with Gasteiger partial charge in [0.1, 0.15) is 10.3 Å². The first-order valence-corrected chi connectivity index (χ1v) is 7.99. The lowest BCUT2D eigenvalue weighted by molar-refractivity contribution is 0.0944. The smallest absolute Gasteiger partial charge is 0.270 e. The number of carbonyl (C=O) groups is 1. The fraction of sp³-hybridized carbons (Fsp3) is 0.500. The minimum Gasteiger partial charge on any atom is -0.492 e. The van der Waals surface area contributed by atoms with Crippen molar-refractivity contribution in [1.82, 2.24) is 19.5 Å². The molecule has 2 aromatic heterocycles. The molecule has 8 heteroatoms. The van der Waals surface area contributed by atoms with Crippen LogP contribution < -0.4 is 10.9 Å². The summed E-state index contributed by atoms with van der Waals surface area (Å²) in [5.74, 6) is -0.765. The Morgan fingerprint density at radius 2 is 2.23 bits per heavy atom. The van der Waals surface area contributed by atoms with E-state index in [4.69, 9.17) is 0 Å². The maximum absolute atomic E-state index is 12.7. The van der Waals surface area contributed by atoms with Crippen LogP contribution in [0, 0.1) is 5.92 Å². The van der Waals surface area contributed by atoms with Crippen molar-refractivity contribution in [1.29, 1.82) is 0 Å². The number of carbonyl (C=O) groups excluding carboxylic acids is 1. The first-order chi connectivity index (χ1) is 10.4. The Kier molecular flexibility index (Phi) is 3.72. The van der Waals surface area contributed by atoms with Crippen LogP contribution in [0.5, 0.6) is 5.88 Å². The quantitative estimate of drug-likeness (QED) is 0.855. The molecule has 2 aromatic rings. The van der Waals surface area contributed by atoms with E-state index in [2.05, 4.69) is 26.3 Å². The van der Waals surface area contributed by atoms with Gasteiger partial charge in [-0.3, -0.25) is 14.2 Å². The van der Waals surface area contributed by atoms with Gasteiger partial charge >= 0.3 is 0 Å². The summed E-state index contributed by atoms with van der Waals surface area (Å²) < 4.78 is 3.18. The number of hydrogen-bond acceptors (Lipinski definition) is 4. The molecule has 0 unspecified atom stereocenters. The molecule has 2 N–H and O–H groups in total. The first kappa shape index (κ1) is 15.1. The topological polar surface area (TPSA) is 88.6 Å². The number of hydrogen-bond donors (Lipinski definition) is 2. The van der Waals surface area contributed by atoms with Crippen molar-refractivity contribution < 1.29 is 9.90 Å². The predicted molar refractivity (Wildman–Crippen MR) is 84.1 cm³/mol. The van der Waals surface area contributed by atoms with Gasteiger partial charge in [-0.25, -0.2) is 0 Å². The molecule has 0 radical (unpaired) electrons. The minimum absolute atomic E-state index is 0.102. The molecular formula is C14H17BrN4O3. The van der Waals surface area contributed by atoms with Gasteiger partial charge in [-0.2, -0.15) is 9.61 Å². The average Bonchev–Trinajstić information content (AvgIpc) is 3.14. The van der Waals surface area contributed by atoms with Crippen molar-refractivity contribution >= 4 is 27.5 Å². The summed E-state index contributed by atoms with van der Waals surface area (Å²) in [5, 5.41) is 17.2. The maximum atomic E-state index is 12.7. The van der Waals surface area contributed by atoms with Crippen molar-refractivity contribution in [2.24, 2.45) is 5.92 Å². The van der Waals surface area contributed by atoms with Crippen molar-refractivity contribution in [3.8, 4) is 5.88 Å². The van der Waals surface area contributed by atoms with E-state index in [9.17, 15) is 14.7 Å². The number of rotatable bonds is 4. The molecule has 1 saturated carbocycles. The lowest BCUT2D eigenvalue weighted by atomic mass is 10.2. The average molecular weight is 369 g/mol. The molecule has 2 heterocycles. The zero-order valence-electron chi connectivity index (χ0n) is 12.3. The highest BCUT2D eigenvalue weighted by molar-refractivity contribution is 9.10. The number of fused-ring (bicyclic) bond motifs is 1. The largest absolute Gasteiger partial charge is 0.492 e. The number of amides is 1. The molecule has 1 amide bonds. The molecule has 0 spiro atoms. The SMILES string of the molecule is CC(C)Cn1c(=O)c(C(=O)NC2CC2)c(O)n2nc(Br)cc12. The highest BCUT2D eigenvalue weighted by Crippen LogP contribution is 2.23. The molecule has 0 aromatic carbocycles. The van der Waals surface area contributed by atoms with Crippen LogP contribution in [0.15, 0.2) is 15.5 Å². The molecule has 0 bridgehead atoms. The lowest BCUT2D eigenvalue weighted by Crippen LogP contribution is -2.36. The maximum Gasteiger partial charge on any atom is 0.270 e. The fourth-order valence-corrected chi connectivity index (χ4v) is 2.72. The lowest BCUT2D eigenvalue weighted by Gasteiger charge is -2.14. The highest BCUT2D eigenvalue weighted by atomic mass is 79.9. The van der Waals surface area contributed by atoms with Gasteiger partial charge in [0.15, 0.2) is 5.56 Å². The second-order valence-corrected chi connectivity index (χ2v) is 6.81. The van der Waals surface area contributed by atoms with Crippen molar-refractivity contribution in [2.75, 3.05) is 0 Å². The van der Waals surface area contributed by atoms with E-state index < -0.39 is 17.3 Å². The molecule has 3 rings (SSSR count). The Morgan fingerprint density at radius 3 is 2.82 bits per heavy atom. The Balaban J connectivity index is 2.22. The summed E-state index contributed by atoms with van der Waals surface area (Å²) in [6.45, 7) is 4.39. The van der Waals surface area contributed by atoms with Crippen molar-refractivity contribution in [3.05, 3.63) is 26.6 Å². The van der Waals surface area contributed by atoms with Crippen LogP contribution in [0.2, 0.25) is 0 Å². The number of nitrogens with zero attached hydrogens (tertiary/aromatic N) is 3. The van der Waals surface area contributed by atoms with Crippen LogP contribution in [-0.4, -0.2) is 31.2 Å². The first-order valence-electron chi connectivity index (χ1n) is 7.20. The van der Waals surface area contributed by atoms with Crippen molar-refractivity contribution in [2.45, 2.75) is 39.3 Å². The molecular weight excluding hydrogens is 352 g/mol. The molecule has 0 atom stereocenters. The predicted octanol–water partition coefficient (Wildman–Crippen LogP) is 1.51. The molecule has 1 aliphatic rings. The van der Waals surface area contributed by atoms with Gasteiger partial charge < -0.3 is 10.4 Å². The fourth-order valence-electron chi connectivity index (χ4n) is 2.36. The third-order valence-corrected chi connectivity index (χ3v) is 3.90. The molecule has 7 nitrogen and oxygen atoms in total. The van der Waals surface area contributed by atoms with Gasteiger partial charge in [-0.15, -0.1) is 0 Å². The monoisotopic (exact) mass is 368 g/mol. The van der Waals surface area contributed by atoms with Gasteiger partial charge in [0.05, 0.1) is 0 Å². The molecule has 1 aliphatic carbocycles. The van der Waals surface area contributed by atoms with E-state index in [1.54, 1.807) is 6.07 Å². The number of aromatic nitrogens is 3. The summed E-state index contributed by atoms with van der Waals surface area (Å²) in [7, 11) is 0. The Bertz CT molecular complexity index is 805. The van der Waals surface area contributed by atoms with E-state index in [1.165, 1.54) is 9.08 Å². The van der Waals surface area contributed by atoms with Crippen LogP contribution >= 0.6 is 15.9 Å². The minimum atomic E-state index is -0.545. The Hall–Kier alpha value is -1.83. The summed E-state index contributed by atoms with van der Waals surface area (Å²) in [4.78, 5) is 25.0. The number of aromatic hydroxyl groups is 1. The van der Waals surface area contributed by atoms with Gasteiger partial charge in [-0.05, 0) is 34.7 Å². The second kappa shape index (κ2) is 5.42. The zero-order chi connectivity index (χ0) is 16.0.